The molecule has 0 unspecified atom stereocenters. The van der Waals surface area contributed by atoms with Crippen molar-refractivity contribution in [1.82, 2.24) is 0 Å². The molecule has 1 heterocycles. The molecule has 2 N–H and O–H groups in total. The van der Waals surface area contributed by atoms with Gasteiger partial charge in [-0.2, -0.15) is 0 Å². The largest absolute Gasteiger partial charge is 0.478 e. The minimum absolute atomic E-state index is 0.0193. The molecular formula is C27H31NO4. The van der Waals surface area contributed by atoms with E-state index in [0.29, 0.717) is 22.1 Å². The van der Waals surface area contributed by atoms with E-state index < -0.39 is 5.97 Å². The number of carboxylic acids is 1. The quantitative estimate of drug-likeness (QED) is 0.470. The minimum atomic E-state index is -0.983. The number of nitrogens with one attached hydrogen (secondary N) is 1. The summed E-state index contributed by atoms with van der Waals surface area (Å²) in [6.07, 6.45) is 4.26. The van der Waals surface area contributed by atoms with Crippen LogP contribution in [-0.2, 0) is 0 Å². The Labute approximate surface area is 188 Å². The number of aromatic carboxylic acids is 1. The number of para-hydroxylation sites is 1. The van der Waals surface area contributed by atoms with Crippen LogP contribution in [0, 0.1) is 12.3 Å². The number of rotatable bonds is 5. The molecule has 0 amide bonds. The van der Waals surface area contributed by atoms with Crippen molar-refractivity contribution in [3.63, 3.8) is 0 Å². The number of fused-ring (bicyclic) bond motifs is 1. The molecule has 4 rings (SSSR count). The smallest absolute Gasteiger partial charge is 0.337 e. The molecule has 0 bridgehead atoms. The third kappa shape index (κ3) is 4.43. The molecule has 5 nitrogen and oxygen atoms in total. The van der Waals surface area contributed by atoms with Crippen LogP contribution in [0.4, 0.5) is 5.69 Å². The Morgan fingerprint density at radius 2 is 1.84 bits per heavy atom. The Balaban J connectivity index is 1.75. The van der Waals surface area contributed by atoms with Crippen LogP contribution in [0.3, 0.4) is 0 Å². The van der Waals surface area contributed by atoms with E-state index in [2.05, 4.69) is 19.2 Å². The molecule has 0 aliphatic heterocycles. The first-order valence-electron chi connectivity index (χ1n) is 11.3. The lowest BCUT2D eigenvalue weighted by Crippen LogP contribution is -2.21. The SMILES string of the molecule is Cc1cc([C@@H](C)Nc2ccccc2C(=O)O)c2oc(C3CCC(C)(C)CC3)cc(=O)c2c1. The van der Waals surface area contributed by atoms with Gasteiger partial charge in [-0.15, -0.1) is 0 Å². The molecule has 1 aromatic heterocycles. The van der Waals surface area contributed by atoms with Gasteiger partial charge < -0.3 is 14.8 Å². The first kappa shape index (κ1) is 22.1. The van der Waals surface area contributed by atoms with Crippen LogP contribution in [0.1, 0.15) is 85.7 Å². The average Bonchev–Trinajstić information content (AvgIpc) is 2.74. The van der Waals surface area contributed by atoms with E-state index in [0.717, 1.165) is 42.6 Å². The Hall–Kier alpha value is -3.08. The lowest BCUT2D eigenvalue weighted by Gasteiger charge is -2.33. The second-order valence-corrected chi connectivity index (χ2v) is 9.90. The van der Waals surface area contributed by atoms with Gasteiger partial charge in [0.05, 0.1) is 17.0 Å². The highest BCUT2D eigenvalue weighted by atomic mass is 16.4. The van der Waals surface area contributed by atoms with Crippen LogP contribution in [-0.4, -0.2) is 11.1 Å². The summed E-state index contributed by atoms with van der Waals surface area (Å²) < 4.78 is 6.42. The Bertz CT molecular complexity index is 1210. The first-order valence-corrected chi connectivity index (χ1v) is 11.3. The molecule has 1 aliphatic carbocycles. The maximum atomic E-state index is 13.0. The monoisotopic (exact) mass is 433 g/mol. The number of hydrogen-bond donors (Lipinski definition) is 2. The lowest BCUT2D eigenvalue weighted by molar-refractivity contribution is 0.0698. The van der Waals surface area contributed by atoms with Crippen LogP contribution < -0.4 is 10.7 Å². The summed E-state index contributed by atoms with van der Waals surface area (Å²) >= 11 is 0. The predicted octanol–water partition coefficient (Wildman–Crippen LogP) is 6.66. The van der Waals surface area contributed by atoms with Gasteiger partial charge in [-0.3, -0.25) is 4.79 Å². The molecule has 0 spiro atoms. The van der Waals surface area contributed by atoms with Gasteiger partial charge in [0.15, 0.2) is 5.43 Å². The van der Waals surface area contributed by atoms with E-state index in [1.54, 1.807) is 30.3 Å². The minimum Gasteiger partial charge on any atom is -0.478 e. The summed E-state index contributed by atoms with van der Waals surface area (Å²) in [5.41, 5.74) is 3.48. The second kappa shape index (κ2) is 8.45. The fourth-order valence-electron chi connectivity index (χ4n) is 4.77. The number of anilines is 1. The highest BCUT2D eigenvalue weighted by Gasteiger charge is 2.29. The summed E-state index contributed by atoms with van der Waals surface area (Å²) in [5, 5.41) is 13.4. The van der Waals surface area contributed by atoms with Gasteiger partial charge in [0.2, 0.25) is 0 Å². The van der Waals surface area contributed by atoms with Crippen molar-refractivity contribution in [3.05, 3.63) is 75.1 Å². The van der Waals surface area contributed by atoms with E-state index in [1.165, 1.54) is 0 Å². The van der Waals surface area contributed by atoms with Gasteiger partial charge in [0.25, 0.3) is 0 Å². The molecule has 0 saturated heterocycles. The second-order valence-electron chi connectivity index (χ2n) is 9.90. The van der Waals surface area contributed by atoms with Gasteiger partial charge in [-0.05, 0) is 68.7 Å². The normalized spacial score (nSPS) is 17.2. The topological polar surface area (TPSA) is 79.5 Å². The van der Waals surface area contributed by atoms with Crippen LogP contribution in [0.15, 0.2) is 51.7 Å². The van der Waals surface area contributed by atoms with E-state index in [1.807, 2.05) is 26.0 Å². The summed E-state index contributed by atoms with van der Waals surface area (Å²) in [6, 6.07) is 12.2. The van der Waals surface area contributed by atoms with E-state index in [4.69, 9.17) is 4.42 Å². The van der Waals surface area contributed by atoms with Crippen LogP contribution >= 0.6 is 0 Å². The molecule has 1 atom stereocenters. The molecule has 5 heteroatoms. The van der Waals surface area contributed by atoms with Gasteiger partial charge in [-0.1, -0.05) is 32.0 Å². The molecule has 2 aromatic carbocycles. The Morgan fingerprint density at radius 1 is 1.16 bits per heavy atom. The average molecular weight is 434 g/mol. The van der Waals surface area contributed by atoms with Gasteiger partial charge in [0.1, 0.15) is 11.3 Å². The predicted molar refractivity (Wildman–Crippen MR) is 128 cm³/mol. The zero-order valence-electron chi connectivity index (χ0n) is 19.2. The van der Waals surface area contributed by atoms with E-state index in [9.17, 15) is 14.7 Å². The van der Waals surface area contributed by atoms with Gasteiger partial charge in [-0.25, -0.2) is 4.79 Å². The maximum Gasteiger partial charge on any atom is 0.337 e. The number of benzene rings is 2. The number of hydrogen-bond acceptors (Lipinski definition) is 4. The fourth-order valence-corrected chi connectivity index (χ4v) is 4.77. The van der Waals surface area contributed by atoms with Crippen LogP contribution in [0.5, 0.6) is 0 Å². The molecule has 1 fully saturated rings. The van der Waals surface area contributed by atoms with Crippen LogP contribution in [0.2, 0.25) is 0 Å². The summed E-state index contributed by atoms with van der Waals surface area (Å²) in [6.45, 7) is 8.51. The molecule has 3 aromatic rings. The van der Waals surface area contributed by atoms with Crippen LogP contribution in [0.25, 0.3) is 11.0 Å². The van der Waals surface area contributed by atoms with E-state index in [-0.39, 0.29) is 23.0 Å². The zero-order chi connectivity index (χ0) is 23.0. The van der Waals surface area contributed by atoms with E-state index >= 15 is 0 Å². The summed E-state index contributed by atoms with van der Waals surface area (Å²) in [5.74, 6) is 0.0370. The van der Waals surface area contributed by atoms with Crippen molar-refractivity contribution in [2.24, 2.45) is 5.41 Å². The highest BCUT2D eigenvalue weighted by molar-refractivity contribution is 5.94. The third-order valence-corrected chi connectivity index (χ3v) is 6.76. The van der Waals surface area contributed by atoms with Crippen molar-refractivity contribution in [3.8, 4) is 0 Å². The molecule has 32 heavy (non-hydrogen) atoms. The number of carbonyl (C=O) groups is 1. The number of aryl methyl sites for hydroxylation is 1. The van der Waals surface area contributed by atoms with Gasteiger partial charge >= 0.3 is 5.97 Å². The van der Waals surface area contributed by atoms with Crippen molar-refractivity contribution in [2.75, 3.05) is 5.32 Å². The van der Waals surface area contributed by atoms with Crippen molar-refractivity contribution in [1.29, 1.82) is 0 Å². The highest BCUT2D eigenvalue weighted by Crippen LogP contribution is 2.43. The molecule has 0 radical (unpaired) electrons. The zero-order valence-corrected chi connectivity index (χ0v) is 19.2. The van der Waals surface area contributed by atoms with Crippen molar-refractivity contribution >= 4 is 22.6 Å². The molecule has 1 saturated carbocycles. The maximum absolute atomic E-state index is 13.0. The van der Waals surface area contributed by atoms with Crippen molar-refractivity contribution in [2.45, 2.75) is 65.3 Å². The third-order valence-electron chi connectivity index (χ3n) is 6.76. The van der Waals surface area contributed by atoms with Crippen molar-refractivity contribution < 1.29 is 14.3 Å². The first-order chi connectivity index (χ1) is 15.1. The fraction of sp³-hybridized carbons (Fsp3) is 0.407. The number of carboxylic acid groups (broad SMARTS) is 1. The van der Waals surface area contributed by atoms with Gasteiger partial charge in [0, 0.05) is 23.2 Å². The molecular weight excluding hydrogens is 402 g/mol. The summed E-state index contributed by atoms with van der Waals surface area (Å²) in [4.78, 5) is 24.7. The summed E-state index contributed by atoms with van der Waals surface area (Å²) in [7, 11) is 0. The Kier molecular flexibility index (Phi) is 5.85. The Morgan fingerprint density at radius 3 is 2.53 bits per heavy atom. The molecule has 168 valence electrons. The standard InChI is InChI=1S/C27H31NO4/c1-16-13-20(17(2)28-22-8-6-5-7-19(22)26(30)31)25-21(14-16)23(29)15-24(32-25)18-9-11-27(3,4)12-10-18/h5-8,13-15,17-18,28H,9-12H2,1-4H3,(H,30,31)/t17-/m1/s1. The molecule has 1 aliphatic rings. The lowest BCUT2D eigenvalue weighted by atomic mass is 9.72.